The van der Waals surface area contributed by atoms with Gasteiger partial charge in [0.1, 0.15) is 12.2 Å². The monoisotopic (exact) mass is 253 g/mol. The highest BCUT2D eigenvalue weighted by molar-refractivity contribution is 5.67. The van der Waals surface area contributed by atoms with Gasteiger partial charge < -0.3 is 9.64 Å². The summed E-state index contributed by atoms with van der Waals surface area (Å²) >= 11 is 0. The Labute approximate surface area is 106 Å². The molecular formula is C11H19N5O2. The molecule has 0 atom stereocenters. The molecule has 1 amide bonds. The average Bonchev–Trinajstić information content (AvgIpc) is 2.76. The maximum Gasteiger partial charge on any atom is 0.409 e. The van der Waals surface area contributed by atoms with Crippen molar-refractivity contribution in [3.63, 3.8) is 0 Å². The number of hydrogen-bond acceptors (Lipinski definition) is 5. The van der Waals surface area contributed by atoms with Gasteiger partial charge in [-0.15, -0.1) is 0 Å². The van der Waals surface area contributed by atoms with Crippen LogP contribution in [0.3, 0.4) is 0 Å². The first kappa shape index (κ1) is 12.8. The first-order valence-electron chi connectivity index (χ1n) is 6.17. The van der Waals surface area contributed by atoms with E-state index in [1.165, 1.54) is 0 Å². The molecule has 0 radical (unpaired) electrons. The topological polar surface area (TPSA) is 63.5 Å². The zero-order valence-corrected chi connectivity index (χ0v) is 10.9. The fraction of sp³-hybridized carbons (Fsp3) is 0.727. The van der Waals surface area contributed by atoms with Crippen molar-refractivity contribution in [2.45, 2.75) is 13.5 Å². The first-order valence-corrected chi connectivity index (χ1v) is 6.17. The minimum Gasteiger partial charge on any atom is -0.450 e. The van der Waals surface area contributed by atoms with Gasteiger partial charge in [-0.25, -0.2) is 9.78 Å². The predicted molar refractivity (Wildman–Crippen MR) is 64.9 cm³/mol. The fourth-order valence-electron chi connectivity index (χ4n) is 1.97. The van der Waals surface area contributed by atoms with Gasteiger partial charge in [-0.2, -0.15) is 5.10 Å². The van der Waals surface area contributed by atoms with Crippen molar-refractivity contribution in [1.82, 2.24) is 24.6 Å². The lowest BCUT2D eigenvalue weighted by atomic mass is 10.3. The second-order valence-corrected chi connectivity index (χ2v) is 4.26. The Kier molecular flexibility index (Phi) is 4.14. The summed E-state index contributed by atoms with van der Waals surface area (Å²) in [4.78, 5) is 19.7. The highest BCUT2D eigenvalue weighted by Crippen LogP contribution is 2.07. The molecule has 2 heterocycles. The first-order chi connectivity index (χ1) is 8.70. The molecule has 1 fully saturated rings. The third kappa shape index (κ3) is 2.98. The fourth-order valence-corrected chi connectivity index (χ4v) is 1.97. The lowest BCUT2D eigenvalue weighted by molar-refractivity contribution is 0.0768. The molecule has 2 rings (SSSR count). The number of aryl methyl sites for hydroxylation is 1. The summed E-state index contributed by atoms with van der Waals surface area (Å²) in [6.45, 7) is 6.11. The zero-order valence-electron chi connectivity index (χ0n) is 10.9. The van der Waals surface area contributed by atoms with E-state index >= 15 is 0 Å². The van der Waals surface area contributed by atoms with Crippen molar-refractivity contribution in [3.8, 4) is 0 Å². The summed E-state index contributed by atoms with van der Waals surface area (Å²) in [5.74, 6) is 0.944. The Morgan fingerprint density at radius 2 is 2.11 bits per heavy atom. The van der Waals surface area contributed by atoms with Gasteiger partial charge in [0.2, 0.25) is 0 Å². The van der Waals surface area contributed by atoms with E-state index in [-0.39, 0.29) is 6.09 Å². The van der Waals surface area contributed by atoms with Gasteiger partial charge in [0.25, 0.3) is 0 Å². The van der Waals surface area contributed by atoms with Gasteiger partial charge in [0.05, 0.1) is 13.2 Å². The van der Waals surface area contributed by atoms with Crippen molar-refractivity contribution in [1.29, 1.82) is 0 Å². The molecule has 100 valence electrons. The molecule has 0 aliphatic carbocycles. The van der Waals surface area contributed by atoms with Crippen LogP contribution in [0.2, 0.25) is 0 Å². The van der Waals surface area contributed by atoms with E-state index in [2.05, 4.69) is 15.0 Å². The Morgan fingerprint density at radius 3 is 2.67 bits per heavy atom. The van der Waals surface area contributed by atoms with Gasteiger partial charge in [-0.05, 0) is 6.92 Å². The maximum atomic E-state index is 11.5. The Balaban J connectivity index is 1.80. The number of nitrogens with zero attached hydrogens (tertiary/aromatic N) is 5. The van der Waals surface area contributed by atoms with Crippen LogP contribution in [0, 0.1) is 0 Å². The van der Waals surface area contributed by atoms with Crippen LogP contribution in [-0.4, -0.2) is 63.4 Å². The SMILES string of the molecule is CCOC(=O)N1CCN(Cc2ncnn2C)CC1. The number of ether oxygens (including phenoxy) is 1. The molecule has 1 aliphatic rings. The molecule has 18 heavy (non-hydrogen) atoms. The number of amides is 1. The molecule has 1 aromatic heterocycles. The number of piperazine rings is 1. The van der Waals surface area contributed by atoms with E-state index in [4.69, 9.17) is 4.74 Å². The number of carbonyl (C=O) groups excluding carboxylic acids is 1. The molecule has 0 N–H and O–H groups in total. The molecule has 1 aliphatic heterocycles. The molecule has 0 bridgehead atoms. The second kappa shape index (κ2) is 5.81. The van der Waals surface area contributed by atoms with Crippen LogP contribution in [0.5, 0.6) is 0 Å². The van der Waals surface area contributed by atoms with Crippen LogP contribution in [0.4, 0.5) is 4.79 Å². The molecule has 0 saturated carbocycles. The van der Waals surface area contributed by atoms with Crippen LogP contribution in [0.15, 0.2) is 6.33 Å². The number of hydrogen-bond donors (Lipinski definition) is 0. The lowest BCUT2D eigenvalue weighted by Crippen LogP contribution is -2.48. The summed E-state index contributed by atoms with van der Waals surface area (Å²) in [6.07, 6.45) is 1.35. The van der Waals surface area contributed by atoms with Crippen molar-refractivity contribution >= 4 is 6.09 Å². The molecule has 7 heteroatoms. The minimum absolute atomic E-state index is 0.212. The Bertz CT molecular complexity index is 398. The summed E-state index contributed by atoms with van der Waals surface area (Å²) < 4.78 is 6.76. The summed E-state index contributed by atoms with van der Waals surface area (Å²) in [6, 6.07) is 0. The molecule has 0 unspecified atom stereocenters. The van der Waals surface area contributed by atoms with Gasteiger partial charge >= 0.3 is 6.09 Å². The Hall–Kier alpha value is -1.63. The molecule has 1 saturated heterocycles. The molecular weight excluding hydrogens is 234 g/mol. The summed E-state index contributed by atoms with van der Waals surface area (Å²) in [5.41, 5.74) is 0. The van der Waals surface area contributed by atoms with Gasteiger partial charge in [-0.3, -0.25) is 9.58 Å². The average molecular weight is 253 g/mol. The highest BCUT2D eigenvalue weighted by atomic mass is 16.6. The second-order valence-electron chi connectivity index (χ2n) is 4.26. The zero-order chi connectivity index (χ0) is 13.0. The molecule has 0 spiro atoms. The normalized spacial score (nSPS) is 16.9. The smallest absolute Gasteiger partial charge is 0.409 e. The summed E-state index contributed by atoms with van der Waals surface area (Å²) in [7, 11) is 1.89. The molecule has 0 aromatic carbocycles. The van der Waals surface area contributed by atoms with E-state index in [9.17, 15) is 4.79 Å². The standard InChI is InChI=1S/C11H19N5O2/c1-3-18-11(17)16-6-4-15(5-7-16)8-10-12-9-13-14(10)2/h9H,3-8H2,1-2H3. The van der Waals surface area contributed by atoms with Gasteiger partial charge in [0, 0.05) is 33.2 Å². The largest absolute Gasteiger partial charge is 0.450 e. The predicted octanol–water partition coefficient (Wildman–Crippen LogP) is 0.0892. The van der Waals surface area contributed by atoms with Crippen molar-refractivity contribution in [2.75, 3.05) is 32.8 Å². The van der Waals surface area contributed by atoms with Crippen LogP contribution < -0.4 is 0 Å². The van der Waals surface area contributed by atoms with E-state index < -0.39 is 0 Å². The quantitative estimate of drug-likeness (QED) is 0.764. The van der Waals surface area contributed by atoms with Crippen molar-refractivity contribution in [3.05, 3.63) is 12.2 Å². The van der Waals surface area contributed by atoms with Crippen LogP contribution in [-0.2, 0) is 18.3 Å². The lowest BCUT2D eigenvalue weighted by Gasteiger charge is -2.33. The van der Waals surface area contributed by atoms with E-state index in [0.29, 0.717) is 19.7 Å². The minimum atomic E-state index is -0.212. The van der Waals surface area contributed by atoms with Crippen LogP contribution in [0.1, 0.15) is 12.7 Å². The van der Waals surface area contributed by atoms with E-state index in [1.807, 2.05) is 14.0 Å². The maximum absolute atomic E-state index is 11.5. The van der Waals surface area contributed by atoms with Gasteiger partial charge in [0.15, 0.2) is 0 Å². The summed E-state index contributed by atoms with van der Waals surface area (Å²) in [5, 5.41) is 4.04. The van der Waals surface area contributed by atoms with Crippen LogP contribution in [0.25, 0.3) is 0 Å². The third-order valence-corrected chi connectivity index (χ3v) is 3.07. The number of aromatic nitrogens is 3. The van der Waals surface area contributed by atoms with Crippen molar-refractivity contribution < 1.29 is 9.53 Å². The number of rotatable bonds is 3. The van der Waals surface area contributed by atoms with E-state index in [1.54, 1.807) is 15.9 Å². The van der Waals surface area contributed by atoms with Gasteiger partial charge in [-0.1, -0.05) is 0 Å². The van der Waals surface area contributed by atoms with Crippen LogP contribution >= 0.6 is 0 Å². The highest BCUT2D eigenvalue weighted by Gasteiger charge is 2.22. The number of carbonyl (C=O) groups is 1. The van der Waals surface area contributed by atoms with Crippen molar-refractivity contribution in [2.24, 2.45) is 7.05 Å². The third-order valence-electron chi connectivity index (χ3n) is 3.07. The van der Waals surface area contributed by atoms with E-state index in [0.717, 1.165) is 25.5 Å². The molecule has 7 nitrogen and oxygen atoms in total. The Morgan fingerprint density at radius 1 is 1.39 bits per heavy atom. The molecule has 1 aromatic rings.